The molecule has 2 rings (SSSR count). The van der Waals surface area contributed by atoms with E-state index in [4.69, 9.17) is 28.9 Å². The molecular weight excluding hydrogens is 337 g/mol. The molecule has 110 valence electrons. The van der Waals surface area contributed by atoms with E-state index in [-0.39, 0.29) is 26.2 Å². The van der Waals surface area contributed by atoms with Gasteiger partial charge in [0.15, 0.2) is 0 Å². The van der Waals surface area contributed by atoms with Crippen LogP contribution in [0.5, 0.6) is 0 Å². The molecule has 0 aliphatic heterocycles. The van der Waals surface area contributed by atoms with Crippen LogP contribution in [0.25, 0.3) is 0 Å². The van der Waals surface area contributed by atoms with Crippen molar-refractivity contribution in [1.29, 1.82) is 0 Å². The van der Waals surface area contributed by atoms with Gasteiger partial charge in [-0.15, -0.1) is 0 Å². The van der Waals surface area contributed by atoms with Crippen molar-refractivity contribution in [1.82, 2.24) is 4.98 Å². The summed E-state index contributed by atoms with van der Waals surface area (Å²) in [4.78, 5) is 14.6. The predicted octanol–water partition coefficient (Wildman–Crippen LogP) is 2.29. The molecular formula is C12H9Cl2N3O3S. The summed E-state index contributed by atoms with van der Waals surface area (Å²) >= 11 is 11.7. The van der Waals surface area contributed by atoms with Crippen LogP contribution in [0.3, 0.4) is 0 Å². The van der Waals surface area contributed by atoms with Crippen LogP contribution in [0, 0.1) is 0 Å². The zero-order valence-corrected chi connectivity index (χ0v) is 12.7. The third-order valence-electron chi connectivity index (χ3n) is 2.51. The molecule has 6 nitrogen and oxygen atoms in total. The Morgan fingerprint density at radius 3 is 2.48 bits per heavy atom. The second-order valence-electron chi connectivity index (χ2n) is 3.97. The Morgan fingerprint density at radius 2 is 1.90 bits per heavy atom. The third kappa shape index (κ3) is 3.44. The largest absolute Gasteiger partial charge is 0.366 e. The van der Waals surface area contributed by atoms with Gasteiger partial charge in [-0.1, -0.05) is 23.2 Å². The highest BCUT2D eigenvalue weighted by molar-refractivity contribution is 7.92. The van der Waals surface area contributed by atoms with Gasteiger partial charge in [-0.2, -0.15) is 0 Å². The number of nitrogens with two attached hydrogens (primary N) is 1. The second kappa shape index (κ2) is 5.88. The lowest BCUT2D eigenvalue weighted by molar-refractivity contribution is 0.100. The maximum absolute atomic E-state index is 12.2. The maximum atomic E-state index is 12.2. The number of nitrogens with zero attached hydrogens (tertiary/aromatic N) is 1. The number of hydrogen-bond donors (Lipinski definition) is 2. The number of anilines is 1. The Hall–Kier alpha value is -1.83. The Kier molecular flexibility index (Phi) is 4.36. The van der Waals surface area contributed by atoms with Gasteiger partial charge in [0.2, 0.25) is 5.91 Å². The fourth-order valence-corrected chi connectivity index (χ4v) is 3.30. The molecule has 0 bridgehead atoms. The SMILES string of the molecule is NC(=O)c1ccc(NS(=O)(=O)c2cnccc2Cl)cc1Cl. The van der Waals surface area contributed by atoms with E-state index >= 15 is 0 Å². The predicted molar refractivity (Wildman–Crippen MR) is 80.0 cm³/mol. The molecule has 1 aromatic heterocycles. The summed E-state index contributed by atoms with van der Waals surface area (Å²) in [6.45, 7) is 0. The van der Waals surface area contributed by atoms with Gasteiger partial charge >= 0.3 is 0 Å². The molecule has 2 aromatic rings. The number of sulfonamides is 1. The molecule has 0 saturated carbocycles. The fraction of sp³-hybridized carbons (Fsp3) is 0. The van der Waals surface area contributed by atoms with Gasteiger partial charge in [0.05, 0.1) is 21.3 Å². The van der Waals surface area contributed by atoms with Crippen LogP contribution in [0.1, 0.15) is 10.4 Å². The number of nitrogens with one attached hydrogen (secondary N) is 1. The van der Waals surface area contributed by atoms with Gasteiger partial charge in [-0.25, -0.2) is 8.42 Å². The van der Waals surface area contributed by atoms with Crippen molar-refractivity contribution < 1.29 is 13.2 Å². The lowest BCUT2D eigenvalue weighted by Gasteiger charge is -2.10. The normalized spacial score (nSPS) is 11.1. The van der Waals surface area contributed by atoms with E-state index in [1.165, 1.54) is 30.5 Å². The van der Waals surface area contributed by atoms with Crippen LogP contribution >= 0.6 is 23.2 Å². The van der Waals surface area contributed by atoms with E-state index in [1.54, 1.807) is 0 Å². The molecule has 1 aromatic carbocycles. The van der Waals surface area contributed by atoms with Crippen LogP contribution in [-0.4, -0.2) is 19.3 Å². The average Bonchev–Trinajstić information content (AvgIpc) is 2.38. The first kappa shape index (κ1) is 15.6. The molecule has 0 fully saturated rings. The number of carbonyl (C=O) groups is 1. The Bertz CT molecular complexity index is 809. The molecule has 0 radical (unpaired) electrons. The number of pyridine rings is 1. The number of benzene rings is 1. The smallest absolute Gasteiger partial charge is 0.264 e. The Morgan fingerprint density at radius 1 is 1.19 bits per heavy atom. The van der Waals surface area contributed by atoms with Crippen LogP contribution < -0.4 is 10.5 Å². The lowest BCUT2D eigenvalue weighted by Crippen LogP contribution is -2.15. The molecule has 1 amide bonds. The zero-order valence-electron chi connectivity index (χ0n) is 10.4. The van der Waals surface area contributed by atoms with E-state index in [0.717, 1.165) is 6.20 Å². The summed E-state index contributed by atoms with van der Waals surface area (Å²) < 4.78 is 26.7. The van der Waals surface area contributed by atoms with Crippen LogP contribution in [0.4, 0.5) is 5.69 Å². The molecule has 3 N–H and O–H groups in total. The number of amides is 1. The first-order valence-electron chi connectivity index (χ1n) is 5.53. The van der Waals surface area contributed by atoms with Gasteiger partial charge in [0.1, 0.15) is 4.90 Å². The minimum absolute atomic E-state index is 0.0392. The third-order valence-corrected chi connectivity index (χ3v) is 4.67. The van der Waals surface area contributed by atoms with E-state index in [1.807, 2.05) is 0 Å². The summed E-state index contributed by atoms with van der Waals surface area (Å²) in [6, 6.07) is 5.34. The quantitative estimate of drug-likeness (QED) is 0.887. The highest BCUT2D eigenvalue weighted by atomic mass is 35.5. The number of hydrogen-bond acceptors (Lipinski definition) is 4. The summed E-state index contributed by atoms with van der Waals surface area (Å²) in [7, 11) is -3.91. The highest BCUT2D eigenvalue weighted by Gasteiger charge is 2.19. The molecule has 0 aliphatic carbocycles. The number of rotatable bonds is 4. The van der Waals surface area contributed by atoms with E-state index in [9.17, 15) is 13.2 Å². The van der Waals surface area contributed by atoms with E-state index < -0.39 is 15.9 Å². The summed E-state index contributed by atoms with van der Waals surface area (Å²) in [5.74, 6) is -0.704. The topological polar surface area (TPSA) is 102 Å². The molecule has 0 unspecified atom stereocenters. The van der Waals surface area contributed by atoms with Crippen LogP contribution in [-0.2, 0) is 10.0 Å². The van der Waals surface area contributed by atoms with Crippen molar-refractivity contribution in [3.05, 3.63) is 52.3 Å². The molecule has 0 saturated heterocycles. The monoisotopic (exact) mass is 345 g/mol. The van der Waals surface area contributed by atoms with Crippen molar-refractivity contribution >= 4 is 44.8 Å². The lowest BCUT2D eigenvalue weighted by atomic mass is 10.2. The van der Waals surface area contributed by atoms with Gasteiger partial charge in [0.25, 0.3) is 10.0 Å². The molecule has 21 heavy (non-hydrogen) atoms. The number of aromatic nitrogens is 1. The first-order chi connectivity index (χ1) is 9.81. The minimum atomic E-state index is -3.91. The molecule has 0 spiro atoms. The van der Waals surface area contributed by atoms with Crippen LogP contribution in [0.2, 0.25) is 10.0 Å². The maximum Gasteiger partial charge on any atom is 0.264 e. The molecule has 1 heterocycles. The van der Waals surface area contributed by atoms with E-state index in [0.29, 0.717) is 0 Å². The van der Waals surface area contributed by atoms with Crippen LogP contribution in [0.15, 0.2) is 41.6 Å². The number of primary amides is 1. The summed E-state index contributed by atoms with van der Waals surface area (Å²) in [5.41, 5.74) is 5.38. The second-order valence-corrected chi connectivity index (χ2v) is 6.44. The zero-order chi connectivity index (χ0) is 15.6. The van der Waals surface area contributed by atoms with Crippen molar-refractivity contribution in [2.24, 2.45) is 5.73 Å². The number of carbonyl (C=O) groups excluding carboxylic acids is 1. The fourth-order valence-electron chi connectivity index (χ4n) is 1.55. The van der Waals surface area contributed by atoms with E-state index in [2.05, 4.69) is 9.71 Å². The Balaban J connectivity index is 2.36. The van der Waals surface area contributed by atoms with Crippen molar-refractivity contribution in [3.8, 4) is 0 Å². The van der Waals surface area contributed by atoms with Gasteiger partial charge in [-0.05, 0) is 24.3 Å². The minimum Gasteiger partial charge on any atom is -0.366 e. The summed E-state index contributed by atoms with van der Waals surface area (Å²) in [6.07, 6.45) is 2.50. The van der Waals surface area contributed by atoms with Gasteiger partial charge < -0.3 is 5.73 Å². The summed E-state index contributed by atoms with van der Waals surface area (Å²) in [5, 5.41) is 0.0809. The number of halogens is 2. The first-order valence-corrected chi connectivity index (χ1v) is 7.77. The Labute approximate surface area is 130 Å². The standard InChI is InChI=1S/C12H9Cl2N3O3S/c13-9-3-4-16-6-11(9)21(19,20)17-7-1-2-8(12(15)18)10(14)5-7/h1-6,17H,(H2,15,18). The van der Waals surface area contributed by atoms with Crippen molar-refractivity contribution in [3.63, 3.8) is 0 Å². The average molecular weight is 346 g/mol. The van der Waals surface area contributed by atoms with Gasteiger partial charge in [-0.3, -0.25) is 14.5 Å². The van der Waals surface area contributed by atoms with Gasteiger partial charge in [0, 0.05) is 12.4 Å². The molecule has 0 aliphatic rings. The molecule has 9 heteroatoms. The van der Waals surface area contributed by atoms with Crippen molar-refractivity contribution in [2.75, 3.05) is 4.72 Å². The molecule has 0 atom stereocenters. The highest BCUT2D eigenvalue weighted by Crippen LogP contribution is 2.25. The van der Waals surface area contributed by atoms with Crippen molar-refractivity contribution in [2.45, 2.75) is 4.90 Å².